The Morgan fingerprint density at radius 1 is 0.474 bits per heavy atom. The normalized spacial score (nSPS) is 10.4. The van der Waals surface area contributed by atoms with Gasteiger partial charge in [0.2, 0.25) is 0 Å². The second-order valence-electron chi connectivity index (χ2n) is 8.22. The van der Waals surface area contributed by atoms with Crippen LogP contribution in [0.2, 0.25) is 0 Å². The van der Waals surface area contributed by atoms with E-state index in [-0.39, 0.29) is 11.5 Å². The molecular formula is C30H26O8. The first-order valence-corrected chi connectivity index (χ1v) is 11.9. The molecule has 0 fully saturated rings. The van der Waals surface area contributed by atoms with Crippen molar-refractivity contribution in [1.29, 1.82) is 0 Å². The van der Waals surface area contributed by atoms with E-state index in [0.29, 0.717) is 47.3 Å². The Hall–Kier alpha value is -4.98. The highest BCUT2D eigenvalue weighted by molar-refractivity contribution is 5.91. The summed E-state index contributed by atoms with van der Waals surface area (Å²) in [5, 5.41) is 18.6. The average Bonchev–Trinajstić information content (AvgIpc) is 2.94. The van der Waals surface area contributed by atoms with E-state index >= 15 is 0 Å². The number of aromatic hydroxyl groups is 2. The molecule has 0 radical (unpaired) electrons. The second kappa shape index (κ2) is 12.8. The van der Waals surface area contributed by atoms with Gasteiger partial charge in [0.15, 0.2) is 0 Å². The lowest BCUT2D eigenvalue weighted by Crippen LogP contribution is -2.08. The summed E-state index contributed by atoms with van der Waals surface area (Å²) >= 11 is 0. The maximum atomic E-state index is 12.2. The van der Waals surface area contributed by atoms with Crippen molar-refractivity contribution in [3.05, 3.63) is 108 Å². The van der Waals surface area contributed by atoms with Crippen LogP contribution in [0.3, 0.4) is 0 Å². The fraction of sp³-hybridized carbons (Fsp3) is 0.133. The molecular weight excluding hydrogens is 488 g/mol. The summed E-state index contributed by atoms with van der Waals surface area (Å²) in [6.45, 7) is 0.978. The monoisotopic (exact) mass is 514 g/mol. The van der Waals surface area contributed by atoms with Crippen LogP contribution >= 0.6 is 0 Å². The number of ether oxygens (including phenoxy) is 4. The molecule has 0 atom stereocenters. The number of phenolic OH excluding ortho intramolecular Hbond substituents is 2. The summed E-state index contributed by atoms with van der Waals surface area (Å²) in [6, 6.07) is 25.2. The molecule has 4 rings (SSSR count). The molecule has 0 saturated carbocycles. The molecule has 0 unspecified atom stereocenters. The molecule has 0 aliphatic heterocycles. The molecule has 8 nitrogen and oxygen atoms in total. The summed E-state index contributed by atoms with van der Waals surface area (Å²) in [6.07, 6.45) is 1.53. The molecule has 0 spiro atoms. The van der Waals surface area contributed by atoms with Gasteiger partial charge in [-0.15, -0.1) is 0 Å². The van der Waals surface area contributed by atoms with Crippen LogP contribution < -0.4 is 18.9 Å². The SMILES string of the molecule is O=C(Oc1ccc(O)cc1)c1ccc(OCCCCOc2ccc(C(=O)Oc3ccc(O)cc3)cc2)cc1. The van der Waals surface area contributed by atoms with Gasteiger partial charge in [-0.25, -0.2) is 9.59 Å². The van der Waals surface area contributed by atoms with Crippen LogP contribution in [0.15, 0.2) is 97.1 Å². The fourth-order valence-corrected chi connectivity index (χ4v) is 3.32. The van der Waals surface area contributed by atoms with Gasteiger partial charge in [-0.1, -0.05) is 0 Å². The van der Waals surface area contributed by atoms with Crippen LogP contribution in [-0.4, -0.2) is 35.4 Å². The molecule has 4 aromatic carbocycles. The van der Waals surface area contributed by atoms with Gasteiger partial charge in [0.05, 0.1) is 24.3 Å². The largest absolute Gasteiger partial charge is 0.508 e. The minimum Gasteiger partial charge on any atom is -0.508 e. The summed E-state index contributed by atoms with van der Waals surface area (Å²) in [5.74, 6) is 1.17. The smallest absolute Gasteiger partial charge is 0.343 e. The lowest BCUT2D eigenvalue weighted by molar-refractivity contribution is 0.0725. The highest BCUT2D eigenvalue weighted by Crippen LogP contribution is 2.20. The highest BCUT2D eigenvalue weighted by Gasteiger charge is 2.10. The number of rotatable bonds is 11. The van der Waals surface area contributed by atoms with E-state index < -0.39 is 11.9 Å². The number of unbranched alkanes of at least 4 members (excludes halogenated alkanes) is 1. The van der Waals surface area contributed by atoms with Crippen molar-refractivity contribution in [2.75, 3.05) is 13.2 Å². The third kappa shape index (κ3) is 7.76. The van der Waals surface area contributed by atoms with Gasteiger partial charge < -0.3 is 29.2 Å². The predicted octanol–water partition coefficient (Wildman–Crippen LogP) is 5.77. The van der Waals surface area contributed by atoms with Crippen LogP contribution in [0.5, 0.6) is 34.5 Å². The zero-order valence-corrected chi connectivity index (χ0v) is 20.4. The topological polar surface area (TPSA) is 112 Å². The van der Waals surface area contributed by atoms with Gasteiger partial charge in [-0.2, -0.15) is 0 Å². The van der Waals surface area contributed by atoms with Crippen molar-refractivity contribution < 1.29 is 38.7 Å². The van der Waals surface area contributed by atoms with Crippen LogP contribution in [0.1, 0.15) is 33.6 Å². The summed E-state index contributed by atoms with van der Waals surface area (Å²) in [4.78, 5) is 24.5. The van der Waals surface area contributed by atoms with Crippen LogP contribution in [0.4, 0.5) is 0 Å². The van der Waals surface area contributed by atoms with Gasteiger partial charge >= 0.3 is 11.9 Å². The van der Waals surface area contributed by atoms with Crippen molar-refractivity contribution in [3.63, 3.8) is 0 Å². The van der Waals surface area contributed by atoms with Crippen LogP contribution in [0, 0.1) is 0 Å². The average molecular weight is 515 g/mol. The molecule has 0 saturated heterocycles. The van der Waals surface area contributed by atoms with E-state index in [1.54, 1.807) is 48.5 Å². The Bertz CT molecular complexity index is 1220. The Morgan fingerprint density at radius 2 is 0.789 bits per heavy atom. The molecule has 0 bridgehead atoms. The zero-order valence-electron chi connectivity index (χ0n) is 20.4. The molecule has 0 heterocycles. The lowest BCUT2D eigenvalue weighted by atomic mass is 10.2. The molecule has 0 aromatic heterocycles. The van der Waals surface area contributed by atoms with E-state index in [1.807, 2.05) is 0 Å². The number of phenols is 2. The Morgan fingerprint density at radius 3 is 1.13 bits per heavy atom. The summed E-state index contributed by atoms with van der Waals surface area (Å²) in [7, 11) is 0. The van der Waals surface area contributed by atoms with E-state index in [9.17, 15) is 19.8 Å². The maximum absolute atomic E-state index is 12.2. The van der Waals surface area contributed by atoms with E-state index in [1.165, 1.54) is 48.5 Å². The van der Waals surface area contributed by atoms with Crippen molar-refractivity contribution >= 4 is 11.9 Å². The quantitative estimate of drug-likeness (QED) is 0.147. The van der Waals surface area contributed by atoms with Gasteiger partial charge in [0, 0.05) is 0 Å². The molecule has 4 aromatic rings. The molecule has 38 heavy (non-hydrogen) atoms. The third-order valence-electron chi connectivity index (χ3n) is 5.35. The summed E-state index contributed by atoms with van der Waals surface area (Å²) < 4.78 is 22.0. The van der Waals surface area contributed by atoms with E-state index in [2.05, 4.69) is 0 Å². The lowest BCUT2D eigenvalue weighted by Gasteiger charge is -2.09. The fourth-order valence-electron chi connectivity index (χ4n) is 3.32. The van der Waals surface area contributed by atoms with Gasteiger partial charge in [0.1, 0.15) is 34.5 Å². The summed E-state index contributed by atoms with van der Waals surface area (Å²) in [5.41, 5.74) is 0.775. The maximum Gasteiger partial charge on any atom is 0.343 e. The van der Waals surface area contributed by atoms with Gasteiger partial charge in [0.25, 0.3) is 0 Å². The second-order valence-corrected chi connectivity index (χ2v) is 8.22. The minimum absolute atomic E-state index is 0.0963. The van der Waals surface area contributed by atoms with Crippen molar-refractivity contribution in [2.24, 2.45) is 0 Å². The van der Waals surface area contributed by atoms with Crippen molar-refractivity contribution in [2.45, 2.75) is 12.8 Å². The molecule has 0 amide bonds. The van der Waals surface area contributed by atoms with Gasteiger partial charge in [-0.3, -0.25) is 0 Å². The van der Waals surface area contributed by atoms with Crippen molar-refractivity contribution in [3.8, 4) is 34.5 Å². The van der Waals surface area contributed by atoms with Gasteiger partial charge in [-0.05, 0) is 110 Å². The van der Waals surface area contributed by atoms with Crippen LogP contribution in [0.25, 0.3) is 0 Å². The molecule has 0 aliphatic carbocycles. The Labute approximate surface area is 219 Å². The number of hydrogen-bond acceptors (Lipinski definition) is 8. The number of benzene rings is 4. The first kappa shape index (κ1) is 26.1. The molecule has 8 heteroatoms. The third-order valence-corrected chi connectivity index (χ3v) is 5.35. The predicted molar refractivity (Wildman–Crippen MR) is 139 cm³/mol. The Kier molecular flexibility index (Phi) is 8.80. The first-order valence-electron chi connectivity index (χ1n) is 11.9. The number of hydrogen-bond donors (Lipinski definition) is 2. The van der Waals surface area contributed by atoms with E-state index in [0.717, 1.165) is 12.8 Å². The zero-order chi connectivity index (χ0) is 26.7. The van der Waals surface area contributed by atoms with Crippen LogP contribution in [-0.2, 0) is 0 Å². The Balaban J connectivity index is 1.12. The van der Waals surface area contributed by atoms with E-state index in [4.69, 9.17) is 18.9 Å². The minimum atomic E-state index is -0.498. The highest BCUT2D eigenvalue weighted by atomic mass is 16.5. The number of esters is 2. The number of carbonyl (C=O) groups excluding carboxylic acids is 2. The molecule has 0 aliphatic rings. The number of carbonyl (C=O) groups is 2. The standard InChI is InChI=1S/C30H26O8/c31-23-7-15-27(16-8-23)37-29(33)21-3-11-25(12-4-21)35-19-1-2-20-36-26-13-5-22(6-14-26)30(34)38-28-17-9-24(32)10-18-28/h3-18,31-32H,1-2,19-20H2. The first-order chi connectivity index (χ1) is 18.5. The molecule has 194 valence electrons. The van der Waals surface area contributed by atoms with Crippen molar-refractivity contribution in [1.82, 2.24) is 0 Å². The molecule has 2 N–H and O–H groups in total.